The van der Waals surface area contributed by atoms with Crippen molar-refractivity contribution in [3.05, 3.63) is 67.7 Å². The highest BCUT2D eigenvalue weighted by Gasteiger charge is 2.04. The lowest BCUT2D eigenvalue weighted by molar-refractivity contribution is -0.118. The van der Waals surface area contributed by atoms with Gasteiger partial charge in [0.25, 0.3) is 0 Å². The van der Waals surface area contributed by atoms with Crippen LogP contribution in [0.5, 0.6) is 0 Å². The lowest BCUT2D eigenvalue weighted by Crippen LogP contribution is -2.21. The minimum atomic E-state index is -0.0908. The maximum atomic E-state index is 11.9. The van der Waals surface area contributed by atoms with Gasteiger partial charge in [0.1, 0.15) is 0 Å². The molecule has 0 unspecified atom stereocenters. The molecule has 1 amide bonds. The molecule has 0 saturated heterocycles. The van der Waals surface area contributed by atoms with Crippen molar-refractivity contribution in [1.29, 1.82) is 0 Å². The first-order valence-corrected chi connectivity index (χ1v) is 9.99. The van der Waals surface area contributed by atoms with E-state index in [0.717, 1.165) is 21.5 Å². The van der Waals surface area contributed by atoms with Crippen molar-refractivity contribution in [3.8, 4) is 0 Å². The molecule has 0 bridgehead atoms. The molecule has 0 saturated carbocycles. The zero-order chi connectivity index (χ0) is 16.7. The van der Waals surface area contributed by atoms with Crippen LogP contribution in [0.25, 0.3) is 0 Å². The highest BCUT2D eigenvalue weighted by molar-refractivity contribution is 14.1. The highest BCUT2D eigenvalue weighted by Crippen LogP contribution is 2.21. The summed E-state index contributed by atoms with van der Waals surface area (Å²) in [5.41, 5.74) is 5.60. The van der Waals surface area contributed by atoms with Gasteiger partial charge in [0.05, 0.1) is 11.5 Å². The van der Waals surface area contributed by atoms with E-state index < -0.39 is 0 Å². The number of carbonyl (C=O) groups is 1. The number of nitrogens with zero attached hydrogens (tertiary/aromatic N) is 1. The van der Waals surface area contributed by atoms with Gasteiger partial charge in [-0.25, -0.2) is 5.43 Å². The quantitative estimate of drug-likeness (QED) is 0.349. The Morgan fingerprint density at radius 2 is 1.91 bits per heavy atom. The van der Waals surface area contributed by atoms with Crippen molar-refractivity contribution < 1.29 is 4.79 Å². The second kappa shape index (κ2) is 9.44. The summed E-state index contributed by atoms with van der Waals surface area (Å²) in [5.74, 6) is 1.08. The van der Waals surface area contributed by atoms with Gasteiger partial charge in [0, 0.05) is 13.8 Å². The van der Waals surface area contributed by atoms with Crippen LogP contribution in [-0.4, -0.2) is 17.4 Å². The summed E-state index contributed by atoms with van der Waals surface area (Å²) >= 11 is 7.33. The topological polar surface area (TPSA) is 41.5 Å². The Labute approximate surface area is 162 Å². The molecule has 0 aliphatic rings. The first-order valence-electron chi connectivity index (χ1n) is 6.96. The minimum absolute atomic E-state index is 0.0908. The fraction of sp³-hybridized carbons (Fsp3) is 0.176. The molecule has 120 valence electrons. The summed E-state index contributed by atoms with van der Waals surface area (Å²) in [6.07, 6.45) is 0. The van der Waals surface area contributed by atoms with E-state index in [9.17, 15) is 4.79 Å². The highest BCUT2D eigenvalue weighted by atomic mass is 127. The number of amides is 1. The molecule has 0 aromatic heterocycles. The maximum absolute atomic E-state index is 11.9. The van der Waals surface area contributed by atoms with E-state index in [-0.39, 0.29) is 5.91 Å². The molecule has 2 aromatic carbocycles. The van der Waals surface area contributed by atoms with Crippen LogP contribution in [0.2, 0.25) is 0 Å². The number of thioether (sulfide) groups is 1. The predicted octanol–water partition coefficient (Wildman–Crippen LogP) is 4.83. The third kappa shape index (κ3) is 6.27. The van der Waals surface area contributed by atoms with E-state index in [2.05, 4.69) is 49.0 Å². The molecule has 0 aliphatic heterocycles. The van der Waals surface area contributed by atoms with Crippen molar-refractivity contribution in [2.24, 2.45) is 5.10 Å². The van der Waals surface area contributed by atoms with Crippen LogP contribution in [0.3, 0.4) is 0 Å². The van der Waals surface area contributed by atoms with Gasteiger partial charge in [-0.3, -0.25) is 4.79 Å². The molecule has 0 fully saturated rings. The molecular formula is C17H16BrIN2OS. The molecule has 1 N–H and O–H groups in total. The van der Waals surface area contributed by atoms with Gasteiger partial charge in [-0.15, -0.1) is 11.8 Å². The number of nitrogens with one attached hydrogen (secondary N) is 1. The van der Waals surface area contributed by atoms with Gasteiger partial charge in [-0.1, -0.05) is 46.3 Å². The summed E-state index contributed by atoms with van der Waals surface area (Å²) in [6.45, 7) is 1.89. The smallest absolute Gasteiger partial charge is 0.250 e. The van der Waals surface area contributed by atoms with Gasteiger partial charge in [0.2, 0.25) is 5.91 Å². The zero-order valence-corrected chi connectivity index (χ0v) is 17.1. The average molecular weight is 503 g/mol. The molecule has 23 heavy (non-hydrogen) atoms. The summed E-state index contributed by atoms with van der Waals surface area (Å²) in [7, 11) is 0. The number of hydrogen-bond donors (Lipinski definition) is 1. The second-order valence-electron chi connectivity index (χ2n) is 4.82. The number of benzene rings is 2. The fourth-order valence-corrected chi connectivity index (χ4v) is 3.60. The predicted molar refractivity (Wildman–Crippen MR) is 110 cm³/mol. The van der Waals surface area contributed by atoms with Crippen LogP contribution in [-0.2, 0) is 10.5 Å². The minimum Gasteiger partial charge on any atom is -0.272 e. The summed E-state index contributed by atoms with van der Waals surface area (Å²) < 4.78 is 2.24. The number of halogens is 2. The van der Waals surface area contributed by atoms with Gasteiger partial charge in [-0.05, 0) is 58.8 Å². The standard InChI is InChI=1S/C17H16BrIN2OS/c1-12(13-6-8-15(19)9-7-13)20-21-17(22)11-23-10-14-4-2-3-5-16(14)18/h2-9H,10-11H2,1H3,(H,21,22). The van der Waals surface area contributed by atoms with Crippen LogP contribution in [0.15, 0.2) is 58.1 Å². The van der Waals surface area contributed by atoms with Gasteiger partial charge in [0.15, 0.2) is 0 Å². The first kappa shape index (κ1) is 18.5. The van der Waals surface area contributed by atoms with E-state index in [4.69, 9.17) is 0 Å². The largest absolute Gasteiger partial charge is 0.272 e. The summed E-state index contributed by atoms with van der Waals surface area (Å²) in [4.78, 5) is 11.9. The van der Waals surface area contributed by atoms with Crippen LogP contribution in [0, 0.1) is 3.57 Å². The third-order valence-electron chi connectivity index (χ3n) is 3.06. The normalized spacial score (nSPS) is 11.3. The first-order chi connectivity index (χ1) is 11.1. The molecule has 2 aromatic rings. The molecular weight excluding hydrogens is 487 g/mol. The van der Waals surface area contributed by atoms with Crippen LogP contribution >= 0.6 is 50.3 Å². The monoisotopic (exact) mass is 502 g/mol. The van der Waals surface area contributed by atoms with Crippen molar-refractivity contribution in [3.63, 3.8) is 0 Å². The van der Waals surface area contributed by atoms with E-state index in [1.54, 1.807) is 11.8 Å². The number of hydrogen-bond acceptors (Lipinski definition) is 3. The van der Waals surface area contributed by atoms with Crippen molar-refractivity contribution in [1.82, 2.24) is 5.43 Å². The van der Waals surface area contributed by atoms with E-state index in [1.165, 1.54) is 9.13 Å². The van der Waals surface area contributed by atoms with Crippen molar-refractivity contribution in [2.45, 2.75) is 12.7 Å². The van der Waals surface area contributed by atoms with Crippen LogP contribution in [0.1, 0.15) is 18.1 Å². The Hall–Kier alpha value is -0.860. The number of carbonyl (C=O) groups excluding carboxylic acids is 1. The van der Waals surface area contributed by atoms with Gasteiger partial charge >= 0.3 is 0 Å². The van der Waals surface area contributed by atoms with E-state index in [1.807, 2.05) is 55.5 Å². The Kier molecular flexibility index (Phi) is 7.58. The van der Waals surface area contributed by atoms with E-state index in [0.29, 0.717) is 5.75 Å². The third-order valence-corrected chi connectivity index (χ3v) is 5.53. The molecule has 0 spiro atoms. The molecule has 0 heterocycles. The Bertz CT molecular complexity index is 704. The number of hydrazone groups is 1. The van der Waals surface area contributed by atoms with Gasteiger partial charge < -0.3 is 0 Å². The molecule has 0 atom stereocenters. The molecule has 0 aliphatic carbocycles. The molecule has 6 heteroatoms. The molecule has 0 radical (unpaired) electrons. The Morgan fingerprint density at radius 3 is 2.61 bits per heavy atom. The number of rotatable bonds is 6. The molecule has 2 rings (SSSR count). The second-order valence-corrected chi connectivity index (χ2v) is 7.91. The Balaban J connectivity index is 1.79. The van der Waals surface area contributed by atoms with Crippen LogP contribution in [0.4, 0.5) is 0 Å². The average Bonchev–Trinajstić information content (AvgIpc) is 2.55. The lowest BCUT2D eigenvalue weighted by Gasteiger charge is -2.05. The maximum Gasteiger partial charge on any atom is 0.250 e. The van der Waals surface area contributed by atoms with Crippen molar-refractivity contribution >= 4 is 61.9 Å². The zero-order valence-electron chi connectivity index (χ0n) is 12.6. The Morgan fingerprint density at radius 1 is 1.22 bits per heavy atom. The van der Waals surface area contributed by atoms with Crippen molar-refractivity contribution in [2.75, 3.05) is 5.75 Å². The summed E-state index contributed by atoms with van der Waals surface area (Å²) in [6, 6.07) is 16.1. The fourth-order valence-electron chi connectivity index (χ4n) is 1.80. The lowest BCUT2D eigenvalue weighted by atomic mass is 10.1. The summed E-state index contributed by atoms with van der Waals surface area (Å²) in [5, 5.41) is 4.16. The molecule has 3 nitrogen and oxygen atoms in total. The SMILES string of the molecule is CC(=NNC(=O)CSCc1ccccc1Br)c1ccc(I)cc1. The van der Waals surface area contributed by atoms with Crippen LogP contribution < -0.4 is 5.43 Å². The van der Waals surface area contributed by atoms with E-state index >= 15 is 0 Å². The van der Waals surface area contributed by atoms with Gasteiger partial charge in [-0.2, -0.15) is 5.10 Å².